The molecule has 0 N–H and O–H groups in total. The maximum Gasteiger partial charge on any atom is 0.312 e. The van der Waals surface area contributed by atoms with Crippen LogP contribution in [0.5, 0.6) is 0 Å². The van der Waals surface area contributed by atoms with E-state index in [0.717, 1.165) is 19.3 Å². The third-order valence-electron chi connectivity index (χ3n) is 9.06. The largest absolute Gasteiger partial charge is 0.458 e. The molecule has 7 aliphatic rings. The van der Waals surface area contributed by atoms with Crippen LogP contribution in [0.15, 0.2) is 0 Å². The topological polar surface area (TPSA) is 50.1 Å². The van der Waals surface area contributed by atoms with E-state index in [1.54, 1.807) is 0 Å². The van der Waals surface area contributed by atoms with Crippen molar-refractivity contribution >= 4 is 5.97 Å². The lowest BCUT2D eigenvalue weighted by Crippen LogP contribution is -2.75. The van der Waals surface area contributed by atoms with E-state index in [4.69, 9.17) is 4.74 Å². The van der Waals surface area contributed by atoms with Crippen LogP contribution in [0.25, 0.3) is 0 Å². The van der Waals surface area contributed by atoms with Crippen molar-refractivity contribution in [2.45, 2.75) is 71.3 Å². The number of ether oxygens (including phenoxy) is 1. The van der Waals surface area contributed by atoms with Crippen molar-refractivity contribution in [3.63, 3.8) is 0 Å². The molecule has 3 nitrogen and oxygen atoms in total. The molecule has 130 valence electrons. The van der Waals surface area contributed by atoms with Crippen molar-refractivity contribution in [1.82, 2.24) is 0 Å². The van der Waals surface area contributed by atoms with Gasteiger partial charge < -0.3 is 4.74 Å². The zero-order chi connectivity index (χ0) is 16.9. The van der Waals surface area contributed by atoms with E-state index in [1.165, 1.54) is 25.7 Å². The summed E-state index contributed by atoms with van der Waals surface area (Å²) in [6.07, 6.45) is 7.85. The van der Waals surface area contributed by atoms with Crippen LogP contribution in [-0.2, 0) is 9.53 Å². The molecule has 7 aliphatic carbocycles. The average Bonchev–Trinajstić information content (AvgIpc) is 2.58. The highest BCUT2D eigenvalue weighted by molar-refractivity contribution is 5.76. The fraction of sp³-hybridized carbons (Fsp3) is 0.905. The van der Waals surface area contributed by atoms with Gasteiger partial charge in [0.2, 0.25) is 0 Å². The lowest BCUT2D eigenvalue weighted by Gasteiger charge is -2.75. The molecule has 0 heterocycles. The van der Waals surface area contributed by atoms with Gasteiger partial charge in [-0.15, -0.1) is 0 Å². The molecule has 7 fully saturated rings. The van der Waals surface area contributed by atoms with E-state index >= 15 is 0 Å². The van der Waals surface area contributed by atoms with Gasteiger partial charge in [-0.1, -0.05) is 6.92 Å². The predicted molar refractivity (Wildman–Crippen MR) is 89.6 cm³/mol. The zero-order valence-corrected chi connectivity index (χ0v) is 15.2. The van der Waals surface area contributed by atoms with Crippen LogP contribution in [0, 0.1) is 57.7 Å². The molecule has 4 atom stereocenters. The Morgan fingerprint density at radius 1 is 1.08 bits per heavy atom. The Labute approximate surface area is 145 Å². The standard InChI is InChI=1S/C21H29NO2/c1-4-19(2,3)18(23)24-21-10-13-5-14-16(21)7-12-8-17(21)15(6-13)20(14,9-12)11-22/h12-17H,4-10H2,1-3H3. The first kappa shape index (κ1) is 15.2. The van der Waals surface area contributed by atoms with Crippen LogP contribution >= 0.6 is 0 Å². The molecule has 0 saturated heterocycles. The van der Waals surface area contributed by atoms with Gasteiger partial charge in [0.25, 0.3) is 0 Å². The smallest absolute Gasteiger partial charge is 0.312 e. The summed E-state index contributed by atoms with van der Waals surface area (Å²) in [4.78, 5) is 13.0. The average molecular weight is 327 g/mol. The molecular formula is C21H29NO2. The van der Waals surface area contributed by atoms with Crippen molar-refractivity contribution in [1.29, 1.82) is 5.26 Å². The second kappa shape index (κ2) is 4.37. The molecule has 0 spiro atoms. The maximum atomic E-state index is 13.0. The van der Waals surface area contributed by atoms with Gasteiger partial charge in [-0.25, -0.2) is 0 Å². The summed E-state index contributed by atoms with van der Waals surface area (Å²) in [6, 6.07) is 2.82. The summed E-state index contributed by atoms with van der Waals surface area (Å²) in [5.74, 6) is 3.28. The van der Waals surface area contributed by atoms with Crippen molar-refractivity contribution in [2.24, 2.45) is 46.3 Å². The maximum absolute atomic E-state index is 13.0. The molecule has 0 radical (unpaired) electrons. The van der Waals surface area contributed by atoms with E-state index in [1.807, 2.05) is 13.8 Å². The normalized spacial score (nSPS) is 53.2. The Hall–Kier alpha value is -1.04. The van der Waals surface area contributed by atoms with E-state index in [2.05, 4.69) is 13.0 Å². The molecule has 4 unspecified atom stereocenters. The first-order valence-electron chi connectivity index (χ1n) is 10.0. The van der Waals surface area contributed by atoms with E-state index in [0.29, 0.717) is 35.5 Å². The number of rotatable bonds is 3. The molecule has 7 saturated carbocycles. The molecule has 0 aromatic carbocycles. The Bertz CT molecular complexity index is 621. The zero-order valence-electron chi connectivity index (χ0n) is 15.2. The summed E-state index contributed by atoms with van der Waals surface area (Å²) in [5.41, 5.74) is -0.700. The number of nitrogens with zero attached hydrogens (tertiary/aromatic N) is 1. The van der Waals surface area contributed by atoms with Gasteiger partial charge in [0.1, 0.15) is 5.60 Å². The number of carbonyl (C=O) groups is 1. The van der Waals surface area contributed by atoms with Crippen LogP contribution in [-0.4, -0.2) is 11.6 Å². The lowest BCUT2D eigenvalue weighted by molar-refractivity contribution is -0.314. The SMILES string of the molecule is CCC(C)(C)C(=O)OC12CC3CC4C1CC1CC2C(C3)C4(C#N)C1. The highest BCUT2D eigenvalue weighted by Crippen LogP contribution is 2.77. The van der Waals surface area contributed by atoms with E-state index < -0.39 is 5.41 Å². The van der Waals surface area contributed by atoms with Crippen molar-refractivity contribution in [2.75, 3.05) is 0 Å². The molecule has 7 rings (SSSR count). The third-order valence-corrected chi connectivity index (χ3v) is 9.06. The predicted octanol–water partition coefficient (Wildman–Crippen LogP) is 4.32. The summed E-state index contributed by atoms with van der Waals surface area (Å²) >= 11 is 0. The molecule has 24 heavy (non-hydrogen) atoms. The molecule has 0 aliphatic heterocycles. The number of hydrogen-bond donors (Lipinski definition) is 0. The number of esters is 1. The van der Waals surface area contributed by atoms with Crippen LogP contribution in [0.4, 0.5) is 0 Å². The lowest BCUT2D eigenvalue weighted by atomic mass is 9.30. The number of hydrogen-bond acceptors (Lipinski definition) is 3. The highest BCUT2D eigenvalue weighted by atomic mass is 16.6. The van der Waals surface area contributed by atoms with Gasteiger partial charge in [0.15, 0.2) is 0 Å². The second-order valence-electron chi connectivity index (χ2n) is 10.2. The first-order chi connectivity index (χ1) is 11.4. The molecule has 0 amide bonds. The van der Waals surface area contributed by atoms with Crippen molar-refractivity contribution in [3.05, 3.63) is 0 Å². The second-order valence-corrected chi connectivity index (χ2v) is 10.2. The Morgan fingerprint density at radius 2 is 1.62 bits per heavy atom. The minimum atomic E-state index is -0.395. The van der Waals surface area contributed by atoms with E-state index in [-0.39, 0.29) is 17.0 Å². The Kier molecular flexibility index (Phi) is 2.78. The summed E-state index contributed by atoms with van der Waals surface area (Å²) in [7, 11) is 0. The minimum Gasteiger partial charge on any atom is -0.458 e. The molecule has 0 aromatic rings. The Morgan fingerprint density at radius 3 is 2.17 bits per heavy atom. The summed E-state index contributed by atoms with van der Waals surface area (Å²) in [5, 5.41) is 10.1. The first-order valence-corrected chi connectivity index (χ1v) is 10.0. The van der Waals surface area contributed by atoms with E-state index in [9.17, 15) is 10.1 Å². The third kappa shape index (κ3) is 1.53. The monoisotopic (exact) mass is 327 g/mol. The van der Waals surface area contributed by atoms with Gasteiger partial charge in [0.05, 0.1) is 16.9 Å². The van der Waals surface area contributed by atoms with Crippen molar-refractivity contribution < 1.29 is 9.53 Å². The minimum absolute atomic E-state index is 0.00327. The number of nitriles is 1. The van der Waals surface area contributed by atoms with Gasteiger partial charge in [-0.2, -0.15) is 5.26 Å². The molecule has 3 heteroatoms. The van der Waals surface area contributed by atoms with Crippen LogP contribution in [0.3, 0.4) is 0 Å². The van der Waals surface area contributed by atoms with Crippen LogP contribution in [0.2, 0.25) is 0 Å². The summed E-state index contributed by atoms with van der Waals surface area (Å²) in [6.45, 7) is 6.10. The van der Waals surface area contributed by atoms with Gasteiger partial charge in [0, 0.05) is 11.8 Å². The molecular weight excluding hydrogens is 298 g/mol. The van der Waals surface area contributed by atoms with Gasteiger partial charge in [-0.05, 0) is 82.5 Å². The van der Waals surface area contributed by atoms with Crippen molar-refractivity contribution in [3.8, 4) is 6.07 Å². The Balaban J connectivity index is 1.57. The number of carbonyl (C=O) groups excluding carboxylic acids is 1. The van der Waals surface area contributed by atoms with Crippen LogP contribution in [0.1, 0.15) is 65.7 Å². The summed E-state index contributed by atoms with van der Waals surface area (Å²) < 4.78 is 6.48. The van der Waals surface area contributed by atoms with Gasteiger partial charge in [-0.3, -0.25) is 4.79 Å². The van der Waals surface area contributed by atoms with Gasteiger partial charge >= 0.3 is 5.97 Å². The molecule has 8 bridgehead atoms. The molecule has 0 aromatic heterocycles. The quantitative estimate of drug-likeness (QED) is 0.725. The fourth-order valence-electron chi connectivity index (χ4n) is 7.78. The van der Waals surface area contributed by atoms with Crippen LogP contribution < -0.4 is 0 Å². The highest BCUT2D eigenvalue weighted by Gasteiger charge is 2.77. The fourth-order valence-corrected chi connectivity index (χ4v) is 7.78.